The second-order valence-corrected chi connectivity index (χ2v) is 8.03. The molecular weight excluding hydrogens is 419 g/mol. The Hall–Kier alpha value is -3.35. The molecule has 1 fully saturated rings. The molecule has 33 heavy (non-hydrogen) atoms. The Morgan fingerprint density at radius 1 is 1.21 bits per heavy atom. The fraction of sp³-hybridized carbons (Fsp3) is 0.385. The van der Waals surface area contributed by atoms with E-state index >= 15 is 0 Å². The first kappa shape index (κ1) is 25.9. The van der Waals surface area contributed by atoms with Crippen molar-refractivity contribution in [2.24, 2.45) is 4.99 Å². The van der Waals surface area contributed by atoms with Crippen molar-refractivity contribution in [1.29, 1.82) is 0 Å². The van der Waals surface area contributed by atoms with E-state index in [2.05, 4.69) is 29.8 Å². The number of hydrogen-bond acceptors (Lipinski definition) is 5. The second kappa shape index (κ2) is 12.0. The van der Waals surface area contributed by atoms with Crippen molar-refractivity contribution in [1.82, 2.24) is 14.7 Å². The molecule has 178 valence electrons. The quantitative estimate of drug-likeness (QED) is 0.302. The fourth-order valence-corrected chi connectivity index (χ4v) is 3.64. The smallest absolute Gasteiger partial charge is 0.242 e. The van der Waals surface area contributed by atoms with Crippen LogP contribution in [0.4, 0.5) is 4.39 Å². The number of benzene rings is 1. The van der Waals surface area contributed by atoms with Crippen molar-refractivity contribution in [3.05, 3.63) is 77.7 Å². The fourth-order valence-electron chi connectivity index (χ4n) is 3.64. The summed E-state index contributed by atoms with van der Waals surface area (Å²) in [5.41, 5.74) is 3.23. The standard InChI is InChI=1S/C26H35FN4O2/c1-8-23(16-19(2)22-9-10-24(27)20(3)15-22)29(6)18-26(32)31-13-11-30(12-14-31)25(28-5)17-21(4)33-7/h9-10,15-17H,2,4-5,8,11-14,18H2,1,3,6-7H3/b23-16-,25-17+. The molecule has 0 aromatic heterocycles. The molecule has 0 saturated carbocycles. The minimum Gasteiger partial charge on any atom is -0.497 e. The normalized spacial score (nSPS) is 14.7. The molecule has 0 aliphatic carbocycles. The van der Waals surface area contributed by atoms with Gasteiger partial charge in [0.15, 0.2) is 0 Å². The highest BCUT2D eigenvalue weighted by Crippen LogP contribution is 2.21. The highest BCUT2D eigenvalue weighted by atomic mass is 19.1. The summed E-state index contributed by atoms with van der Waals surface area (Å²) in [6.45, 7) is 18.1. The number of carbonyl (C=O) groups excluding carboxylic acids is 1. The summed E-state index contributed by atoms with van der Waals surface area (Å²) in [5, 5.41) is 0. The van der Waals surface area contributed by atoms with Gasteiger partial charge in [0.1, 0.15) is 17.4 Å². The van der Waals surface area contributed by atoms with Gasteiger partial charge in [0.2, 0.25) is 5.91 Å². The zero-order chi connectivity index (χ0) is 24.5. The zero-order valence-electron chi connectivity index (χ0n) is 20.2. The van der Waals surface area contributed by atoms with E-state index in [0.717, 1.165) is 23.3 Å². The number of allylic oxidation sites excluding steroid dienone is 4. The summed E-state index contributed by atoms with van der Waals surface area (Å²) in [5.74, 6) is 1.04. The number of likely N-dealkylation sites (N-methyl/N-ethyl adjacent to an activating group) is 1. The van der Waals surface area contributed by atoms with E-state index in [9.17, 15) is 9.18 Å². The number of ether oxygens (including phenoxy) is 1. The minimum absolute atomic E-state index is 0.0677. The average molecular weight is 455 g/mol. The summed E-state index contributed by atoms with van der Waals surface area (Å²) >= 11 is 0. The molecule has 0 radical (unpaired) electrons. The molecule has 7 heteroatoms. The van der Waals surface area contributed by atoms with Crippen molar-refractivity contribution in [2.75, 3.05) is 46.9 Å². The number of halogens is 1. The largest absolute Gasteiger partial charge is 0.497 e. The van der Waals surface area contributed by atoms with Crippen LogP contribution in [0, 0.1) is 12.7 Å². The highest BCUT2D eigenvalue weighted by molar-refractivity contribution is 5.79. The van der Waals surface area contributed by atoms with Crippen molar-refractivity contribution in [2.45, 2.75) is 20.3 Å². The van der Waals surface area contributed by atoms with Crippen molar-refractivity contribution >= 4 is 18.2 Å². The van der Waals surface area contributed by atoms with Crippen LogP contribution in [0.25, 0.3) is 5.57 Å². The van der Waals surface area contributed by atoms with Gasteiger partial charge in [-0.2, -0.15) is 0 Å². The van der Waals surface area contributed by atoms with Gasteiger partial charge in [0.05, 0.1) is 13.7 Å². The number of methoxy groups -OCH3 is 1. The molecule has 1 aliphatic rings. The molecule has 1 aromatic rings. The lowest BCUT2D eigenvalue weighted by atomic mass is 10.0. The van der Waals surface area contributed by atoms with Gasteiger partial charge < -0.3 is 19.4 Å². The number of amides is 1. The number of rotatable bonds is 10. The molecular formula is C26H35FN4O2. The molecule has 0 unspecified atom stereocenters. The van der Waals surface area contributed by atoms with Gasteiger partial charge in [-0.1, -0.05) is 26.1 Å². The predicted molar refractivity (Wildman–Crippen MR) is 133 cm³/mol. The van der Waals surface area contributed by atoms with Gasteiger partial charge in [-0.25, -0.2) is 9.38 Å². The van der Waals surface area contributed by atoms with Crippen LogP contribution < -0.4 is 0 Å². The Labute approximate surface area is 197 Å². The number of aryl methyl sites for hydroxylation is 1. The van der Waals surface area contributed by atoms with E-state index in [1.54, 1.807) is 32.2 Å². The first-order chi connectivity index (χ1) is 15.7. The van der Waals surface area contributed by atoms with E-state index in [4.69, 9.17) is 4.74 Å². The van der Waals surface area contributed by atoms with Gasteiger partial charge in [0, 0.05) is 45.0 Å². The van der Waals surface area contributed by atoms with Crippen LogP contribution in [0.15, 0.2) is 65.8 Å². The lowest BCUT2D eigenvalue weighted by molar-refractivity contribution is -0.133. The lowest BCUT2D eigenvalue weighted by Gasteiger charge is -2.37. The predicted octanol–water partition coefficient (Wildman–Crippen LogP) is 4.22. The molecule has 6 nitrogen and oxygen atoms in total. The van der Waals surface area contributed by atoms with Crippen molar-refractivity contribution in [3.63, 3.8) is 0 Å². The third-order valence-corrected chi connectivity index (χ3v) is 5.77. The third-order valence-electron chi connectivity index (χ3n) is 5.77. The summed E-state index contributed by atoms with van der Waals surface area (Å²) in [4.78, 5) is 22.9. The average Bonchev–Trinajstić information content (AvgIpc) is 2.82. The van der Waals surface area contributed by atoms with E-state index < -0.39 is 0 Å². The zero-order valence-corrected chi connectivity index (χ0v) is 20.2. The Morgan fingerprint density at radius 3 is 2.39 bits per heavy atom. The number of aliphatic imine (C=N–C) groups is 1. The van der Waals surface area contributed by atoms with Crippen molar-refractivity contribution in [3.8, 4) is 0 Å². The summed E-state index contributed by atoms with van der Waals surface area (Å²) in [6.07, 6.45) is 4.46. The van der Waals surface area contributed by atoms with Crippen LogP contribution in [0.1, 0.15) is 24.5 Å². The maximum absolute atomic E-state index is 13.6. The molecule has 1 heterocycles. The molecule has 1 amide bonds. The van der Waals surface area contributed by atoms with Gasteiger partial charge in [-0.3, -0.25) is 4.79 Å². The molecule has 0 atom stereocenters. The van der Waals surface area contributed by atoms with E-state index in [-0.39, 0.29) is 18.3 Å². The third kappa shape index (κ3) is 7.07. The first-order valence-electron chi connectivity index (χ1n) is 11.0. The van der Waals surface area contributed by atoms with Crippen LogP contribution in [0.5, 0.6) is 0 Å². The monoisotopic (exact) mass is 454 g/mol. The number of piperazine rings is 1. The summed E-state index contributed by atoms with van der Waals surface area (Å²) in [6, 6.07) is 4.96. The molecule has 1 saturated heterocycles. The van der Waals surface area contributed by atoms with Crippen LogP contribution in [0.3, 0.4) is 0 Å². The van der Waals surface area contributed by atoms with E-state index in [1.165, 1.54) is 6.07 Å². The van der Waals surface area contributed by atoms with Crippen LogP contribution in [-0.4, -0.2) is 74.2 Å². The molecule has 0 bridgehead atoms. The molecule has 2 rings (SSSR count). The Balaban J connectivity index is 1.98. The van der Waals surface area contributed by atoms with Crippen LogP contribution in [-0.2, 0) is 9.53 Å². The second-order valence-electron chi connectivity index (χ2n) is 8.03. The van der Waals surface area contributed by atoms with E-state index in [1.807, 2.05) is 29.8 Å². The lowest BCUT2D eigenvalue weighted by Crippen LogP contribution is -2.50. The topological polar surface area (TPSA) is 48.4 Å². The maximum atomic E-state index is 13.6. The number of nitrogens with zero attached hydrogens (tertiary/aromatic N) is 4. The van der Waals surface area contributed by atoms with Gasteiger partial charge >= 0.3 is 0 Å². The summed E-state index contributed by atoms with van der Waals surface area (Å²) in [7, 11) is 3.47. The molecule has 1 aromatic carbocycles. The van der Waals surface area contributed by atoms with Crippen molar-refractivity contribution < 1.29 is 13.9 Å². The van der Waals surface area contributed by atoms with Crippen LogP contribution in [0.2, 0.25) is 0 Å². The van der Waals surface area contributed by atoms with E-state index in [0.29, 0.717) is 43.3 Å². The molecule has 0 spiro atoms. The first-order valence-corrected chi connectivity index (χ1v) is 11.0. The molecule has 1 aliphatic heterocycles. The Bertz CT molecular complexity index is 959. The SMILES string of the molecule is C=N/C(=C\C(=C)OC)N1CCN(C(=O)CN(C)/C(=C\C(=C)c2ccc(F)c(C)c2)CC)CC1. The van der Waals surface area contributed by atoms with Gasteiger partial charge in [-0.05, 0) is 55.0 Å². The maximum Gasteiger partial charge on any atom is 0.242 e. The Kier molecular flexibility index (Phi) is 9.45. The highest BCUT2D eigenvalue weighted by Gasteiger charge is 2.23. The number of hydrogen-bond donors (Lipinski definition) is 0. The van der Waals surface area contributed by atoms with Gasteiger partial charge in [0.25, 0.3) is 0 Å². The number of carbonyl (C=O) groups is 1. The Morgan fingerprint density at radius 2 is 1.85 bits per heavy atom. The minimum atomic E-state index is -0.232. The van der Waals surface area contributed by atoms with Crippen LogP contribution >= 0.6 is 0 Å². The van der Waals surface area contributed by atoms with Gasteiger partial charge in [-0.15, -0.1) is 0 Å². The summed E-state index contributed by atoms with van der Waals surface area (Å²) < 4.78 is 18.7. The molecule has 0 N–H and O–H groups in total.